The molecule has 3 aromatic rings. The van der Waals surface area contributed by atoms with Crippen molar-refractivity contribution in [2.45, 2.75) is 23.4 Å². The Morgan fingerprint density at radius 1 is 1.26 bits per heavy atom. The molecule has 2 aromatic carbocycles. The standard InChI is InChI=1S/C20H19IN2O3S/c21-18-11-14(19(24)25)9-10-23(18)12-13-5-7-15(8-6-13)26-20-22-16-3-1-2-4-17(16)27-20/h1-8,14,18H,9-12H2,(H,24,25). The number of carboxylic acids is 1. The van der Waals surface area contributed by atoms with Gasteiger partial charge in [0.15, 0.2) is 0 Å². The predicted molar refractivity (Wildman–Crippen MR) is 115 cm³/mol. The highest BCUT2D eigenvalue weighted by molar-refractivity contribution is 14.1. The van der Waals surface area contributed by atoms with Gasteiger partial charge < -0.3 is 9.84 Å². The number of thiazole rings is 1. The predicted octanol–water partition coefficient (Wildman–Crippen LogP) is 5.15. The highest BCUT2D eigenvalue weighted by Gasteiger charge is 2.30. The smallest absolute Gasteiger partial charge is 0.306 e. The lowest BCUT2D eigenvalue weighted by Crippen LogP contribution is -2.40. The van der Waals surface area contributed by atoms with Crippen LogP contribution >= 0.6 is 33.9 Å². The molecule has 0 bridgehead atoms. The molecule has 1 aliphatic rings. The van der Waals surface area contributed by atoms with Crippen molar-refractivity contribution in [3.63, 3.8) is 0 Å². The minimum absolute atomic E-state index is 0.215. The van der Waals surface area contributed by atoms with E-state index in [1.54, 1.807) is 0 Å². The zero-order valence-electron chi connectivity index (χ0n) is 14.5. The van der Waals surface area contributed by atoms with Crippen molar-refractivity contribution in [1.29, 1.82) is 0 Å². The molecule has 5 nitrogen and oxygen atoms in total. The van der Waals surface area contributed by atoms with Gasteiger partial charge in [0.05, 0.1) is 20.2 Å². The maximum atomic E-state index is 11.2. The van der Waals surface area contributed by atoms with Crippen LogP contribution in [-0.2, 0) is 11.3 Å². The maximum Gasteiger partial charge on any atom is 0.306 e. The Hall–Kier alpha value is -1.71. The van der Waals surface area contributed by atoms with Gasteiger partial charge >= 0.3 is 5.97 Å². The number of fused-ring (bicyclic) bond motifs is 1. The van der Waals surface area contributed by atoms with Crippen LogP contribution in [0.2, 0.25) is 0 Å². The Morgan fingerprint density at radius 2 is 2.04 bits per heavy atom. The van der Waals surface area contributed by atoms with Gasteiger partial charge in [0.25, 0.3) is 5.19 Å². The van der Waals surface area contributed by atoms with Crippen LogP contribution in [0.4, 0.5) is 0 Å². The second-order valence-corrected chi connectivity index (χ2v) is 9.09. The zero-order valence-corrected chi connectivity index (χ0v) is 17.5. The summed E-state index contributed by atoms with van der Waals surface area (Å²) in [4.78, 5) is 18.0. The molecule has 0 amide bonds. The van der Waals surface area contributed by atoms with E-state index >= 15 is 0 Å². The molecule has 2 heterocycles. The zero-order chi connectivity index (χ0) is 18.8. The molecular formula is C20H19IN2O3S. The van der Waals surface area contributed by atoms with Gasteiger partial charge in [-0.15, -0.1) is 0 Å². The van der Waals surface area contributed by atoms with Crippen LogP contribution in [-0.4, -0.2) is 31.6 Å². The van der Waals surface area contributed by atoms with Crippen molar-refractivity contribution in [2.75, 3.05) is 6.54 Å². The number of para-hydroxylation sites is 1. The number of ether oxygens (including phenoxy) is 1. The topological polar surface area (TPSA) is 62.7 Å². The minimum Gasteiger partial charge on any atom is -0.481 e. The molecule has 0 aliphatic carbocycles. The average Bonchev–Trinajstić information content (AvgIpc) is 3.07. The fourth-order valence-corrected chi connectivity index (χ4v) is 5.18. The lowest BCUT2D eigenvalue weighted by atomic mass is 9.97. The Labute approximate surface area is 175 Å². The number of aromatic nitrogens is 1. The number of carboxylic acid groups (broad SMARTS) is 1. The first kappa shape index (κ1) is 18.6. The van der Waals surface area contributed by atoms with Gasteiger partial charge in [0.2, 0.25) is 0 Å². The summed E-state index contributed by atoms with van der Waals surface area (Å²) in [5.74, 6) is -0.117. The third-order valence-corrected chi connectivity index (χ3v) is 6.99. The SMILES string of the molecule is O=C(O)C1CCN(Cc2ccc(Oc3nc4ccccc4s3)cc2)C(I)C1. The van der Waals surface area contributed by atoms with Crippen molar-refractivity contribution in [3.8, 4) is 10.9 Å². The number of halogens is 1. The van der Waals surface area contributed by atoms with E-state index in [2.05, 4.69) is 44.6 Å². The fraction of sp³-hybridized carbons (Fsp3) is 0.300. The molecule has 1 aliphatic heterocycles. The summed E-state index contributed by atoms with van der Waals surface area (Å²) in [6, 6.07) is 16.1. The van der Waals surface area contributed by atoms with Gasteiger partial charge in [-0.3, -0.25) is 9.69 Å². The molecule has 0 radical (unpaired) electrons. The highest BCUT2D eigenvalue weighted by Crippen LogP contribution is 2.32. The molecule has 1 aromatic heterocycles. The molecule has 2 atom stereocenters. The van der Waals surface area contributed by atoms with Gasteiger partial charge in [-0.05, 0) is 42.7 Å². The first-order chi connectivity index (χ1) is 13.1. The van der Waals surface area contributed by atoms with E-state index in [1.807, 2.05) is 36.4 Å². The van der Waals surface area contributed by atoms with Crippen molar-refractivity contribution >= 4 is 50.1 Å². The first-order valence-electron chi connectivity index (χ1n) is 8.82. The normalized spacial score (nSPS) is 20.6. The van der Waals surface area contributed by atoms with E-state index in [0.29, 0.717) is 18.0 Å². The van der Waals surface area contributed by atoms with Gasteiger partial charge in [-0.25, -0.2) is 4.98 Å². The second-order valence-electron chi connectivity index (χ2n) is 6.66. The molecule has 1 N–H and O–H groups in total. The molecule has 1 saturated heterocycles. The number of piperidine rings is 1. The van der Waals surface area contributed by atoms with Crippen LogP contribution in [0.3, 0.4) is 0 Å². The van der Waals surface area contributed by atoms with Crippen molar-refractivity contribution in [2.24, 2.45) is 5.92 Å². The Morgan fingerprint density at radius 3 is 2.74 bits per heavy atom. The summed E-state index contributed by atoms with van der Waals surface area (Å²) in [5.41, 5.74) is 2.15. The van der Waals surface area contributed by atoms with Gasteiger partial charge in [0, 0.05) is 13.1 Å². The Kier molecular flexibility index (Phi) is 5.60. The van der Waals surface area contributed by atoms with Crippen LogP contribution in [0.25, 0.3) is 10.2 Å². The maximum absolute atomic E-state index is 11.2. The molecular weight excluding hydrogens is 475 g/mol. The van der Waals surface area contributed by atoms with E-state index in [0.717, 1.165) is 29.1 Å². The van der Waals surface area contributed by atoms with Gasteiger partial charge in [0.1, 0.15) is 5.75 Å². The Bertz CT molecular complexity index is 911. The van der Waals surface area contributed by atoms with Gasteiger partial charge in [-0.2, -0.15) is 0 Å². The van der Waals surface area contributed by atoms with Crippen LogP contribution in [0.1, 0.15) is 18.4 Å². The number of hydrogen-bond acceptors (Lipinski definition) is 5. The monoisotopic (exact) mass is 494 g/mol. The first-order valence-corrected chi connectivity index (χ1v) is 10.9. The molecule has 27 heavy (non-hydrogen) atoms. The van der Waals surface area contributed by atoms with Crippen LogP contribution in [0.15, 0.2) is 48.5 Å². The molecule has 140 valence electrons. The molecule has 0 saturated carbocycles. The number of rotatable bonds is 5. The summed E-state index contributed by atoms with van der Waals surface area (Å²) < 4.78 is 7.26. The Balaban J connectivity index is 1.38. The van der Waals surface area contributed by atoms with E-state index in [1.165, 1.54) is 16.9 Å². The third-order valence-electron chi connectivity index (χ3n) is 4.78. The number of aliphatic carboxylic acids is 1. The van der Waals surface area contributed by atoms with E-state index < -0.39 is 5.97 Å². The molecule has 0 spiro atoms. The second kappa shape index (κ2) is 8.12. The van der Waals surface area contributed by atoms with E-state index in [9.17, 15) is 9.90 Å². The summed E-state index contributed by atoms with van der Waals surface area (Å²) in [6.45, 7) is 1.63. The number of alkyl halides is 1. The van der Waals surface area contributed by atoms with Crippen molar-refractivity contribution < 1.29 is 14.6 Å². The van der Waals surface area contributed by atoms with Crippen molar-refractivity contribution in [1.82, 2.24) is 9.88 Å². The van der Waals surface area contributed by atoms with Crippen LogP contribution in [0, 0.1) is 5.92 Å². The largest absolute Gasteiger partial charge is 0.481 e. The van der Waals surface area contributed by atoms with Gasteiger partial charge in [-0.1, -0.05) is 58.2 Å². The average molecular weight is 494 g/mol. The molecule has 4 rings (SSSR count). The molecule has 2 unspecified atom stereocenters. The van der Waals surface area contributed by atoms with Crippen LogP contribution < -0.4 is 4.74 Å². The summed E-state index contributed by atoms with van der Waals surface area (Å²) in [5, 5.41) is 9.84. The number of carbonyl (C=O) groups is 1. The number of benzene rings is 2. The van der Waals surface area contributed by atoms with Crippen molar-refractivity contribution in [3.05, 3.63) is 54.1 Å². The summed E-state index contributed by atoms with van der Waals surface area (Å²) >= 11 is 3.89. The van der Waals surface area contributed by atoms with Crippen LogP contribution in [0.5, 0.6) is 10.9 Å². The molecule has 7 heteroatoms. The lowest BCUT2D eigenvalue weighted by Gasteiger charge is -2.35. The third kappa shape index (κ3) is 4.41. The lowest BCUT2D eigenvalue weighted by molar-refractivity contribution is -0.143. The fourth-order valence-electron chi connectivity index (χ4n) is 3.26. The van der Waals surface area contributed by atoms with E-state index in [4.69, 9.17) is 4.74 Å². The highest BCUT2D eigenvalue weighted by atomic mass is 127. The minimum atomic E-state index is -0.673. The quantitative estimate of drug-likeness (QED) is 0.302. The summed E-state index contributed by atoms with van der Waals surface area (Å²) in [6.07, 6.45) is 1.42. The number of nitrogens with zero attached hydrogens (tertiary/aromatic N) is 2. The number of hydrogen-bond donors (Lipinski definition) is 1. The molecule has 1 fully saturated rings. The number of likely N-dealkylation sites (tertiary alicyclic amines) is 1. The van der Waals surface area contributed by atoms with E-state index in [-0.39, 0.29) is 9.97 Å². The summed E-state index contributed by atoms with van der Waals surface area (Å²) in [7, 11) is 0.